The van der Waals surface area contributed by atoms with E-state index in [1.54, 1.807) is 30.3 Å². The van der Waals surface area contributed by atoms with Gasteiger partial charge in [-0.2, -0.15) is 0 Å². The van der Waals surface area contributed by atoms with Gasteiger partial charge in [0.2, 0.25) is 10.0 Å². The average molecular weight is 729 g/mol. The lowest BCUT2D eigenvalue weighted by molar-refractivity contribution is -0.276. The molecule has 3 aromatic carbocycles. The van der Waals surface area contributed by atoms with Gasteiger partial charge in [-0.1, -0.05) is 73.7 Å². The van der Waals surface area contributed by atoms with Gasteiger partial charge in [0.15, 0.2) is 6.29 Å². The number of hydrogen-bond donors (Lipinski definition) is 2. The van der Waals surface area contributed by atoms with E-state index in [2.05, 4.69) is 16.5 Å². The van der Waals surface area contributed by atoms with Gasteiger partial charge in [0.05, 0.1) is 89.8 Å². The Morgan fingerprint density at radius 1 is 0.667 bits per heavy atom. The van der Waals surface area contributed by atoms with Crippen molar-refractivity contribution >= 4 is 10.0 Å². The van der Waals surface area contributed by atoms with Crippen LogP contribution in [0.4, 0.5) is 0 Å². The molecule has 2 heterocycles. The van der Waals surface area contributed by atoms with E-state index in [9.17, 15) is 13.5 Å². The molecule has 1 unspecified atom stereocenters. The van der Waals surface area contributed by atoms with Crippen LogP contribution in [0.2, 0.25) is 0 Å². The first kappa shape index (κ1) is 39.4. The summed E-state index contributed by atoms with van der Waals surface area (Å²) in [7, 11) is -3.64. The summed E-state index contributed by atoms with van der Waals surface area (Å²) in [6, 6.07) is 23.8. The Labute approximate surface area is 301 Å². The molecule has 2 saturated heterocycles. The molecule has 0 saturated carbocycles. The third kappa shape index (κ3) is 12.7. The van der Waals surface area contributed by atoms with Gasteiger partial charge in [-0.15, -0.1) is 0 Å². The molecule has 0 aromatic heterocycles. The predicted octanol–water partition coefficient (Wildman–Crippen LogP) is 3.85. The van der Waals surface area contributed by atoms with Crippen LogP contribution in [-0.2, 0) is 56.3 Å². The topological polar surface area (TPSA) is 134 Å². The first-order chi connectivity index (χ1) is 24.9. The number of aliphatic hydroxyl groups is 1. The van der Waals surface area contributed by atoms with Gasteiger partial charge < -0.3 is 38.3 Å². The van der Waals surface area contributed by atoms with Crippen molar-refractivity contribution in [1.29, 1.82) is 0 Å². The highest BCUT2D eigenvalue weighted by Gasteiger charge is 2.39. The fourth-order valence-electron chi connectivity index (χ4n) is 5.90. The molecule has 2 N–H and O–H groups in total. The normalized spacial score (nSPS) is 24.4. The van der Waals surface area contributed by atoms with Crippen molar-refractivity contribution in [2.75, 3.05) is 85.7 Å². The molecule has 3 aromatic rings. The first-order valence-corrected chi connectivity index (χ1v) is 19.2. The lowest BCUT2D eigenvalue weighted by Gasteiger charge is -2.43. The molecule has 2 fully saturated rings. The second-order valence-electron chi connectivity index (χ2n) is 12.6. The van der Waals surface area contributed by atoms with Crippen LogP contribution in [0.15, 0.2) is 83.8 Å². The fraction of sp³-hybridized carbons (Fsp3) is 0.526. The summed E-state index contributed by atoms with van der Waals surface area (Å²) in [5, 5.41) is 9.63. The van der Waals surface area contributed by atoms with Gasteiger partial charge in [0.1, 0.15) is 0 Å². The minimum absolute atomic E-state index is 0.00760. The zero-order chi connectivity index (χ0) is 35.7. The summed E-state index contributed by atoms with van der Waals surface area (Å²) in [5.41, 5.74) is 3.47. The van der Waals surface area contributed by atoms with Crippen molar-refractivity contribution in [2.45, 2.75) is 43.5 Å². The molecule has 2 aliphatic rings. The van der Waals surface area contributed by atoms with Crippen molar-refractivity contribution in [3.63, 3.8) is 0 Å². The summed E-state index contributed by atoms with van der Waals surface area (Å²) in [6.07, 6.45) is -1.13. The number of rotatable bonds is 9. The molecule has 0 amide bonds. The SMILES string of the molecule is C[C@H]1[C@@H](CN2CCOCCOCCOCCOCCOCC2)OC(c2ccc(CNS(=O)(=O)c3ccccc3)cc2)O[C@H]1c1ccc(CO)cc1. The molecular weight excluding hydrogens is 676 g/mol. The van der Waals surface area contributed by atoms with Crippen LogP contribution in [0.1, 0.15) is 41.6 Å². The Morgan fingerprint density at radius 2 is 1.18 bits per heavy atom. The summed E-state index contributed by atoms with van der Waals surface area (Å²) in [4.78, 5) is 2.52. The minimum atomic E-state index is -3.64. The quantitative estimate of drug-likeness (QED) is 0.333. The molecule has 0 aliphatic carbocycles. The Hall–Kier alpha value is -2.79. The molecular formula is C38H52N2O10S. The number of nitrogens with one attached hydrogen (secondary N) is 1. The zero-order valence-electron chi connectivity index (χ0n) is 29.4. The van der Waals surface area contributed by atoms with Crippen molar-refractivity contribution in [1.82, 2.24) is 9.62 Å². The minimum Gasteiger partial charge on any atom is -0.392 e. The van der Waals surface area contributed by atoms with E-state index in [1.807, 2.05) is 48.5 Å². The molecule has 280 valence electrons. The van der Waals surface area contributed by atoms with Crippen LogP contribution in [0.25, 0.3) is 0 Å². The monoisotopic (exact) mass is 728 g/mol. The third-order valence-electron chi connectivity index (χ3n) is 8.92. The average Bonchev–Trinajstić information content (AvgIpc) is 3.16. The Morgan fingerprint density at radius 3 is 1.73 bits per heavy atom. The lowest BCUT2D eigenvalue weighted by Crippen LogP contribution is -2.46. The van der Waals surface area contributed by atoms with Gasteiger partial charge in [-0.05, 0) is 28.8 Å². The van der Waals surface area contributed by atoms with Crippen molar-refractivity contribution in [3.8, 4) is 0 Å². The van der Waals surface area contributed by atoms with Crippen LogP contribution in [0, 0.1) is 5.92 Å². The molecule has 12 nitrogen and oxygen atoms in total. The number of ether oxygens (including phenoxy) is 7. The number of benzene rings is 3. The zero-order valence-corrected chi connectivity index (χ0v) is 30.2. The summed E-state index contributed by atoms with van der Waals surface area (Å²) in [6.45, 7) is 9.37. The van der Waals surface area contributed by atoms with Gasteiger partial charge >= 0.3 is 0 Å². The second-order valence-corrected chi connectivity index (χ2v) is 14.3. The van der Waals surface area contributed by atoms with Crippen LogP contribution in [0.5, 0.6) is 0 Å². The highest BCUT2D eigenvalue weighted by atomic mass is 32.2. The van der Waals surface area contributed by atoms with Crippen molar-refractivity contribution in [3.05, 3.63) is 101 Å². The number of hydrogen-bond acceptors (Lipinski definition) is 11. The maximum Gasteiger partial charge on any atom is 0.240 e. The third-order valence-corrected chi connectivity index (χ3v) is 10.3. The van der Waals surface area contributed by atoms with Crippen LogP contribution < -0.4 is 4.72 Å². The second kappa shape index (κ2) is 21.0. The maximum absolute atomic E-state index is 12.7. The van der Waals surface area contributed by atoms with Crippen LogP contribution in [0.3, 0.4) is 0 Å². The fourth-order valence-corrected chi connectivity index (χ4v) is 6.94. The summed E-state index contributed by atoms with van der Waals surface area (Å²) < 4.78 is 70.1. The molecule has 4 atom stereocenters. The maximum atomic E-state index is 12.7. The van der Waals surface area contributed by atoms with Crippen molar-refractivity contribution in [2.24, 2.45) is 5.92 Å². The molecule has 5 rings (SSSR count). The van der Waals surface area contributed by atoms with Gasteiger partial charge in [-0.25, -0.2) is 13.1 Å². The number of sulfonamides is 1. The lowest BCUT2D eigenvalue weighted by atomic mass is 9.90. The Balaban J connectivity index is 1.27. The smallest absolute Gasteiger partial charge is 0.240 e. The number of aliphatic hydroxyl groups excluding tert-OH is 1. The molecule has 2 aliphatic heterocycles. The highest BCUT2D eigenvalue weighted by Crippen LogP contribution is 2.42. The molecule has 0 radical (unpaired) electrons. The van der Waals surface area contributed by atoms with E-state index in [-0.39, 0.29) is 36.2 Å². The van der Waals surface area contributed by atoms with E-state index in [4.69, 9.17) is 33.2 Å². The Bertz CT molecular complexity index is 1490. The molecule has 51 heavy (non-hydrogen) atoms. The predicted molar refractivity (Wildman–Crippen MR) is 190 cm³/mol. The van der Waals surface area contributed by atoms with Gasteiger partial charge in [0, 0.05) is 37.7 Å². The summed E-state index contributed by atoms with van der Waals surface area (Å²) in [5.74, 6) is -0.00760. The number of nitrogens with zero attached hydrogens (tertiary/aromatic N) is 1. The van der Waals surface area contributed by atoms with Crippen molar-refractivity contribution < 1.29 is 46.7 Å². The van der Waals surface area contributed by atoms with E-state index in [0.717, 1.165) is 22.3 Å². The van der Waals surface area contributed by atoms with E-state index >= 15 is 0 Å². The first-order valence-electron chi connectivity index (χ1n) is 17.7. The molecule has 0 bridgehead atoms. The van der Waals surface area contributed by atoms with E-state index in [1.165, 1.54) is 0 Å². The molecule has 0 spiro atoms. The van der Waals surface area contributed by atoms with Crippen LogP contribution in [-0.4, -0.2) is 110 Å². The highest BCUT2D eigenvalue weighted by molar-refractivity contribution is 7.89. The standard InChI is InChI=1S/C38H52N2O10S/c1-30-36(28-40-15-17-44-19-21-46-23-25-48-26-24-47-22-20-45-18-16-40)49-38(50-37(30)33-11-9-32(29-41)10-12-33)34-13-7-31(8-14-34)27-39-51(42,43)35-5-3-2-4-6-35/h2-14,30,36-39,41H,15-29H2,1H3/t30-,36+,37+,38?/m0/s1. The largest absolute Gasteiger partial charge is 0.392 e. The molecule has 13 heteroatoms. The Kier molecular flexibility index (Phi) is 16.3. The van der Waals surface area contributed by atoms with Crippen LogP contribution >= 0.6 is 0 Å². The van der Waals surface area contributed by atoms with E-state index < -0.39 is 16.3 Å². The van der Waals surface area contributed by atoms with Gasteiger partial charge in [-0.3, -0.25) is 4.90 Å². The van der Waals surface area contributed by atoms with Gasteiger partial charge in [0.25, 0.3) is 0 Å². The summed E-state index contributed by atoms with van der Waals surface area (Å²) >= 11 is 0. The van der Waals surface area contributed by atoms with E-state index in [0.29, 0.717) is 85.7 Å².